The summed E-state index contributed by atoms with van der Waals surface area (Å²) in [6.45, 7) is 1.04. The molecule has 0 atom stereocenters. The summed E-state index contributed by atoms with van der Waals surface area (Å²) in [5, 5.41) is 2.62. The van der Waals surface area contributed by atoms with Crippen molar-refractivity contribution in [3.63, 3.8) is 0 Å². The average Bonchev–Trinajstić information content (AvgIpc) is 3.05. The van der Waals surface area contributed by atoms with Crippen molar-refractivity contribution in [2.45, 2.75) is 32.2 Å². The number of para-hydroxylation sites is 1. The first-order valence-corrected chi connectivity index (χ1v) is 11.5. The second kappa shape index (κ2) is 8.23. The highest BCUT2D eigenvalue weighted by Gasteiger charge is 2.21. The number of benzene rings is 3. The van der Waals surface area contributed by atoms with E-state index in [-0.39, 0.29) is 0 Å². The fourth-order valence-electron chi connectivity index (χ4n) is 4.65. The number of halogens is 1. The minimum absolute atomic E-state index is 1.04. The Labute approximate surface area is 185 Å². The normalized spacial score (nSPS) is 11.7. The fraction of sp³-hybridized carbons (Fsp3) is 0.222. The van der Waals surface area contributed by atoms with Gasteiger partial charge in [0.2, 0.25) is 11.0 Å². The molecule has 0 saturated carbocycles. The molecule has 0 spiro atoms. The predicted molar refractivity (Wildman–Crippen MR) is 130 cm³/mol. The van der Waals surface area contributed by atoms with Crippen LogP contribution in [0.1, 0.15) is 24.8 Å². The molecule has 5 aromatic rings. The Morgan fingerprint density at radius 1 is 0.800 bits per heavy atom. The van der Waals surface area contributed by atoms with Crippen LogP contribution < -0.4 is 4.57 Å². The summed E-state index contributed by atoms with van der Waals surface area (Å²) in [4.78, 5) is 0. The van der Waals surface area contributed by atoms with Gasteiger partial charge in [-0.15, -0.1) is 0 Å². The maximum absolute atomic E-state index is 3.65. The molecule has 3 heteroatoms. The second-order valence-corrected chi connectivity index (χ2v) is 9.02. The van der Waals surface area contributed by atoms with E-state index in [0.717, 1.165) is 17.4 Å². The van der Waals surface area contributed by atoms with Crippen molar-refractivity contribution < 1.29 is 4.57 Å². The van der Waals surface area contributed by atoms with Gasteiger partial charge in [0.25, 0.3) is 0 Å². The Kier molecular flexibility index (Phi) is 5.30. The zero-order chi connectivity index (χ0) is 20.5. The van der Waals surface area contributed by atoms with Crippen LogP contribution in [0.15, 0.2) is 83.3 Å². The van der Waals surface area contributed by atoms with Gasteiger partial charge in [-0.2, -0.15) is 4.57 Å². The standard InChI is InChI=1S/C27H26BrN2/c1-29-25-14-8-7-13-23(25)27-26(29)19-21-18-22(28)15-16-24(21)30(27)17-9-3-6-12-20-10-4-2-5-11-20/h2,4-5,7-8,10-11,13-16,18-19H,3,6,9,12,17H2,1H3/q+1. The van der Waals surface area contributed by atoms with E-state index in [1.54, 1.807) is 0 Å². The number of unbranched alkanes of at least 4 members (excludes halogenated alkanes) is 2. The maximum atomic E-state index is 3.65. The summed E-state index contributed by atoms with van der Waals surface area (Å²) < 4.78 is 6.00. The molecule has 0 bridgehead atoms. The van der Waals surface area contributed by atoms with Crippen molar-refractivity contribution in [2.24, 2.45) is 7.05 Å². The van der Waals surface area contributed by atoms with Gasteiger partial charge in [-0.05, 0) is 55.2 Å². The zero-order valence-electron chi connectivity index (χ0n) is 17.3. The average molecular weight is 458 g/mol. The topological polar surface area (TPSA) is 8.81 Å². The molecule has 5 rings (SSSR count). The predicted octanol–water partition coefficient (Wildman–Crippen LogP) is 6.95. The van der Waals surface area contributed by atoms with Crippen LogP contribution >= 0.6 is 15.9 Å². The van der Waals surface area contributed by atoms with Gasteiger partial charge in [-0.25, -0.2) is 0 Å². The van der Waals surface area contributed by atoms with Crippen molar-refractivity contribution in [3.05, 3.63) is 88.9 Å². The van der Waals surface area contributed by atoms with Gasteiger partial charge in [0.1, 0.15) is 12.1 Å². The van der Waals surface area contributed by atoms with Crippen LogP contribution in [0.25, 0.3) is 32.8 Å². The molecule has 0 radical (unpaired) electrons. The highest BCUT2D eigenvalue weighted by atomic mass is 79.9. The molecule has 150 valence electrons. The number of rotatable bonds is 6. The van der Waals surface area contributed by atoms with Crippen molar-refractivity contribution in [3.8, 4) is 0 Å². The molecule has 0 N–H and O–H groups in total. The van der Waals surface area contributed by atoms with Gasteiger partial charge in [0, 0.05) is 29.4 Å². The number of fused-ring (bicyclic) bond motifs is 4. The lowest BCUT2D eigenvalue weighted by Gasteiger charge is -2.06. The van der Waals surface area contributed by atoms with E-state index < -0.39 is 0 Å². The van der Waals surface area contributed by atoms with E-state index >= 15 is 0 Å². The van der Waals surface area contributed by atoms with Crippen LogP contribution in [0.5, 0.6) is 0 Å². The molecule has 2 aromatic heterocycles. The van der Waals surface area contributed by atoms with Crippen LogP contribution in [0, 0.1) is 0 Å². The first kappa shape index (κ1) is 19.3. The number of aromatic nitrogens is 2. The molecule has 0 amide bonds. The maximum Gasteiger partial charge on any atom is 0.239 e. The van der Waals surface area contributed by atoms with Gasteiger partial charge in [0.05, 0.1) is 10.9 Å². The Morgan fingerprint density at radius 3 is 2.47 bits per heavy atom. The lowest BCUT2D eigenvalue weighted by Crippen LogP contribution is -2.35. The molecule has 0 saturated heterocycles. The number of aryl methyl sites for hydroxylation is 3. The molecule has 0 aliphatic carbocycles. The smallest absolute Gasteiger partial charge is 0.239 e. The van der Waals surface area contributed by atoms with Gasteiger partial charge in [-0.1, -0.05) is 58.4 Å². The lowest BCUT2D eigenvalue weighted by molar-refractivity contribution is -0.645. The number of hydrogen-bond donors (Lipinski definition) is 0. The summed E-state index contributed by atoms with van der Waals surface area (Å²) >= 11 is 3.65. The van der Waals surface area contributed by atoms with E-state index in [2.05, 4.69) is 111 Å². The Bertz CT molecular complexity index is 1340. The summed E-state index contributed by atoms with van der Waals surface area (Å²) in [6, 6.07) is 28.6. The van der Waals surface area contributed by atoms with Crippen LogP contribution in [0.3, 0.4) is 0 Å². The molecule has 3 aromatic carbocycles. The lowest BCUT2D eigenvalue weighted by atomic mass is 10.1. The third-order valence-corrected chi connectivity index (χ3v) is 6.65. The number of nitrogens with zero attached hydrogens (tertiary/aromatic N) is 2. The van der Waals surface area contributed by atoms with E-state index in [0.29, 0.717) is 0 Å². The van der Waals surface area contributed by atoms with Gasteiger partial charge < -0.3 is 4.57 Å². The zero-order valence-corrected chi connectivity index (χ0v) is 18.9. The van der Waals surface area contributed by atoms with Crippen molar-refractivity contribution in [1.29, 1.82) is 0 Å². The molecular weight excluding hydrogens is 432 g/mol. The monoisotopic (exact) mass is 457 g/mol. The Balaban J connectivity index is 1.50. The summed E-state index contributed by atoms with van der Waals surface area (Å²) in [5.41, 5.74) is 6.69. The van der Waals surface area contributed by atoms with Crippen LogP contribution in [0.2, 0.25) is 0 Å². The first-order valence-electron chi connectivity index (χ1n) is 10.8. The molecule has 0 unspecified atom stereocenters. The quantitative estimate of drug-likeness (QED) is 0.192. The van der Waals surface area contributed by atoms with E-state index in [1.165, 1.54) is 57.7 Å². The van der Waals surface area contributed by atoms with Crippen LogP contribution in [-0.2, 0) is 20.0 Å². The van der Waals surface area contributed by atoms with E-state index in [9.17, 15) is 0 Å². The van der Waals surface area contributed by atoms with Crippen molar-refractivity contribution in [2.75, 3.05) is 0 Å². The molecular formula is C27H26BrN2+. The molecule has 0 fully saturated rings. The fourth-order valence-corrected chi connectivity index (χ4v) is 5.03. The Hall–Kier alpha value is -2.65. The highest BCUT2D eigenvalue weighted by Crippen LogP contribution is 2.29. The van der Waals surface area contributed by atoms with Crippen LogP contribution in [-0.4, -0.2) is 4.57 Å². The van der Waals surface area contributed by atoms with E-state index in [1.807, 2.05) is 0 Å². The minimum Gasteiger partial charge on any atom is -0.338 e. The van der Waals surface area contributed by atoms with E-state index in [4.69, 9.17) is 0 Å². The van der Waals surface area contributed by atoms with Crippen molar-refractivity contribution >= 4 is 48.8 Å². The van der Waals surface area contributed by atoms with Gasteiger partial charge in [0.15, 0.2) is 0 Å². The summed E-state index contributed by atoms with van der Waals surface area (Å²) in [7, 11) is 2.18. The van der Waals surface area contributed by atoms with Gasteiger partial charge in [-0.3, -0.25) is 0 Å². The Morgan fingerprint density at radius 2 is 1.60 bits per heavy atom. The SMILES string of the molecule is Cn1c2ccccc2c2c1cc1cc(Br)ccc1[n+]2CCCCCc1ccccc1. The third-order valence-electron chi connectivity index (χ3n) is 6.16. The molecule has 30 heavy (non-hydrogen) atoms. The minimum atomic E-state index is 1.04. The van der Waals surface area contributed by atoms with Crippen LogP contribution in [0.4, 0.5) is 0 Å². The second-order valence-electron chi connectivity index (χ2n) is 8.11. The molecule has 0 aliphatic rings. The van der Waals surface area contributed by atoms with Gasteiger partial charge >= 0.3 is 0 Å². The summed E-state index contributed by atoms with van der Waals surface area (Å²) in [6.07, 6.45) is 4.82. The largest absolute Gasteiger partial charge is 0.338 e. The molecule has 2 nitrogen and oxygen atoms in total. The molecule has 0 aliphatic heterocycles. The molecule has 2 heterocycles. The first-order chi connectivity index (χ1) is 14.7. The van der Waals surface area contributed by atoms with Crippen molar-refractivity contribution in [1.82, 2.24) is 4.57 Å². The number of hydrogen-bond acceptors (Lipinski definition) is 0. The number of pyridine rings is 1. The highest BCUT2D eigenvalue weighted by molar-refractivity contribution is 9.10. The summed E-state index contributed by atoms with van der Waals surface area (Å²) in [5.74, 6) is 0. The third kappa shape index (κ3) is 3.52.